The summed E-state index contributed by atoms with van der Waals surface area (Å²) in [6.07, 6.45) is 5.76. The van der Waals surface area contributed by atoms with Crippen LogP contribution in [-0.2, 0) is 11.2 Å². The van der Waals surface area contributed by atoms with E-state index in [-0.39, 0.29) is 5.60 Å². The van der Waals surface area contributed by atoms with E-state index in [4.69, 9.17) is 16.3 Å². The number of ether oxygens (including phenoxy) is 1. The van der Waals surface area contributed by atoms with Gasteiger partial charge in [-0.15, -0.1) is 0 Å². The number of nitrogens with one attached hydrogen (secondary N) is 1. The summed E-state index contributed by atoms with van der Waals surface area (Å²) in [6.45, 7) is 2.83. The lowest BCUT2D eigenvalue weighted by atomic mass is 9.80. The third kappa shape index (κ3) is 2.53. The second-order valence-corrected chi connectivity index (χ2v) is 4.80. The van der Waals surface area contributed by atoms with E-state index < -0.39 is 0 Å². The van der Waals surface area contributed by atoms with Crippen LogP contribution in [0.15, 0.2) is 6.33 Å². The third-order valence-electron chi connectivity index (χ3n) is 3.52. The zero-order valence-electron chi connectivity index (χ0n) is 10.3. The average Bonchev–Trinajstić information content (AvgIpc) is 2.28. The minimum atomic E-state index is -0.0115. The summed E-state index contributed by atoms with van der Waals surface area (Å²) in [6, 6.07) is 0. The molecule has 4 nitrogen and oxygen atoms in total. The van der Waals surface area contributed by atoms with Gasteiger partial charge in [-0.3, -0.25) is 0 Å². The maximum absolute atomic E-state index is 6.04. The molecule has 1 aromatic rings. The van der Waals surface area contributed by atoms with Gasteiger partial charge >= 0.3 is 0 Å². The predicted octanol–water partition coefficient (Wildman–Crippen LogP) is 2.67. The Morgan fingerprint density at radius 2 is 2.24 bits per heavy atom. The first kappa shape index (κ1) is 12.6. The molecule has 0 radical (unpaired) electrons. The van der Waals surface area contributed by atoms with E-state index in [9.17, 15) is 0 Å². The normalized spacial score (nSPS) is 17.6. The lowest BCUT2D eigenvalue weighted by Crippen LogP contribution is -2.45. The average molecular weight is 256 g/mol. The number of halogens is 1. The van der Waals surface area contributed by atoms with Crippen molar-refractivity contribution in [3.05, 3.63) is 17.0 Å². The van der Waals surface area contributed by atoms with Crippen LogP contribution >= 0.6 is 11.6 Å². The molecule has 0 bridgehead atoms. The van der Waals surface area contributed by atoms with Crippen molar-refractivity contribution < 1.29 is 4.74 Å². The largest absolute Gasteiger partial charge is 0.376 e. The Hall–Kier alpha value is -0.870. The van der Waals surface area contributed by atoms with Gasteiger partial charge < -0.3 is 10.1 Å². The second-order valence-electron chi connectivity index (χ2n) is 4.44. The van der Waals surface area contributed by atoms with Crippen LogP contribution in [0.2, 0.25) is 5.15 Å². The van der Waals surface area contributed by atoms with Crippen LogP contribution in [0, 0.1) is 0 Å². The molecule has 1 aliphatic carbocycles. The van der Waals surface area contributed by atoms with Crippen molar-refractivity contribution in [3.8, 4) is 0 Å². The van der Waals surface area contributed by atoms with E-state index in [1.165, 1.54) is 12.7 Å². The predicted molar refractivity (Wildman–Crippen MR) is 68.5 cm³/mol. The number of nitrogens with zero attached hydrogens (tertiary/aromatic N) is 2. The number of anilines is 1. The fourth-order valence-electron chi connectivity index (χ4n) is 2.13. The molecule has 1 aliphatic rings. The molecule has 1 heterocycles. The molecule has 5 heteroatoms. The number of rotatable bonds is 5. The smallest absolute Gasteiger partial charge is 0.137 e. The zero-order valence-corrected chi connectivity index (χ0v) is 11.0. The van der Waals surface area contributed by atoms with Crippen LogP contribution in [0.3, 0.4) is 0 Å². The maximum Gasteiger partial charge on any atom is 0.137 e. The topological polar surface area (TPSA) is 47.0 Å². The summed E-state index contributed by atoms with van der Waals surface area (Å²) in [5.74, 6) is 0.829. The van der Waals surface area contributed by atoms with Gasteiger partial charge in [0, 0.05) is 19.2 Å². The molecule has 0 aromatic carbocycles. The van der Waals surface area contributed by atoms with Gasteiger partial charge in [-0.25, -0.2) is 9.97 Å². The van der Waals surface area contributed by atoms with Gasteiger partial charge in [0.2, 0.25) is 0 Å². The van der Waals surface area contributed by atoms with Crippen molar-refractivity contribution >= 4 is 17.4 Å². The number of hydrogen-bond acceptors (Lipinski definition) is 4. The summed E-state index contributed by atoms with van der Waals surface area (Å²) in [5.41, 5.74) is 0.961. The van der Waals surface area contributed by atoms with Crippen LogP contribution in [-0.4, -0.2) is 29.2 Å². The van der Waals surface area contributed by atoms with Crippen molar-refractivity contribution in [2.75, 3.05) is 19.0 Å². The van der Waals surface area contributed by atoms with Crippen LogP contribution in [0.25, 0.3) is 0 Å². The van der Waals surface area contributed by atoms with Gasteiger partial charge in [0.1, 0.15) is 17.3 Å². The van der Waals surface area contributed by atoms with Crippen LogP contribution in [0.1, 0.15) is 31.7 Å². The van der Waals surface area contributed by atoms with Crippen molar-refractivity contribution in [2.45, 2.75) is 38.2 Å². The zero-order chi connectivity index (χ0) is 12.3. The highest BCUT2D eigenvalue weighted by Crippen LogP contribution is 2.35. The molecule has 17 heavy (non-hydrogen) atoms. The first-order valence-electron chi connectivity index (χ1n) is 5.99. The number of hydrogen-bond donors (Lipinski definition) is 1. The SMILES string of the molecule is CCc1c(Cl)ncnc1NCC1(OC)CCC1. The molecule has 0 amide bonds. The van der Waals surface area contributed by atoms with Gasteiger partial charge in [0.25, 0.3) is 0 Å². The molecule has 1 fully saturated rings. The second kappa shape index (κ2) is 5.19. The molecule has 0 unspecified atom stereocenters. The van der Waals surface area contributed by atoms with E-state index in [1.807, 2.05) is 6.92 Å². The molecule has 94 valence electrons. The molecule has 1 N–H and O–H groups in total. The molecule has 0 aliphatic heterocycles. The van der Waals surface area contributed by atoms with Crippen LogP contribution < -0.4 is 5.32 Å². The molecule has 2 rings (SSSR count). The standard InChI is InChI=1S/C12H18ClN3O/c1-3-9-10(13)15-8-16-11(9)14-7-12(17-2)5-4-6-12/h8H,3-7H2,1-2H3,(H,14,15,16). The lowest BCUT2D eigenvalue weighted by molar-refractivity contribution is -0.0601. The van der Waals surface area contributed by atoms with Crippen molar-refractivity contribution in [1.82, 2.24) is 9.97 Å². The summed E-state index contributed by atoms with van der Waals surface area (Å²) in [5, 5.41) is 3.87. The van der Waals surface area contributed by atoms with E-state index in [2.05, 4.69) is 15.3 Å². The van der Waals surface area contributed by atoms with E-state index in [0.717, 1.165) is 37.2 Å². The van der Waals surface area contributed by atoms with Gasteiger partial charge in [-0.2, -0.15) is 0 Å². The Labute approximate surface area is 107 Å². The molecule has 0 spiro atoms. The fraction of sp³-hybridized carbons (Fsp3) is 0.667. The van der Waals surface area contributed by atoms with Crippen molar-refractivity contribution in [2.24, 2.45) is 0 Å². The Kier molecular flexibility index (Phi) is 3.84. The lowest BCUT2D eigenvalue weighted by Gasteiger charge is -2.40. The minimum Gasteiger partial charge on any atom is -0.376 e. The van der Waals surface area contributed by atoms with Crippen molar-refractivity contribution in [1.29, 1.82) is 0 Å². The van der Waals surface area contributed by atoms with Gasteiger partial charge in [0.05, 0.1) is 5.60 Å². The quantitative estimate of drug-likeness (QED) is 0.822. The van der Waals surface area contributed by atoms with Crippen LogP contribution in [0.4, 0.5) is 5.82 Å². The summed E-state index contributed by atoms with van der Waals surface area (Å²) < 4.78 is 5.56. The molecule has 0 atom stereocenters. The third-order valence-corrected chi connectivity index (χ3v) is 3.85. The van der Waals surface area contributed by atoms with Gasteiger partial charge in [0.15, 0.2) is 0 Å². The molecule has 1 aromatic heterocycles. The van der Waals surface area contributed by atoms with Gasteiger partial charge in [-0.05, 0) is 25.7 Å². The van der Waals surface area contributed by atoms with Crippen LogP contribution in [0.5, 0.6) is 0 Å². The summed E-state index contributed by atoms with van der Waals surface area (Å²) in [4.78, 5) is 8.24. The molecular formula is C12H18ClN3O. The summed E-state index contributed by atoms with van der Waals surface area (Å²) >= 11 is 6.04. The number of aromatic nitrogens is 2. The Morgan fingerprint density at radius 3 is 2.76 bits per heavy atom. The first-order valence-corrected chi connectivity index (χ1v) is 6.37. The van der Waals surface area contributed by atoms with E-state index >= 15 is 0 Å². The molecule has 1 saturated carbocycles. The Bertz CT molecular complexity index is 388. The minimum absolute atomic E-state index is 0.0115. The summed E-state index contributed by atoms with van der Waals surface area (Å²) in [7, 11) is 1.77. The number of methoxy groups -OCH3 is 1. The van der Waals surface area contributed by atoms with E-state index in [1.54, 1.807) is 7.11 Å². The molecular weight excluding hydrogens is 238 g/mol. The first-order chi connectivity index (χ1) is 8.21. The van der Waals surface area contributed by atoms with E-state index in [0.29, 0.717) is 5.15 Å². The Morgan fingerprint density at radius 1 is 1.47 bits per heavy atom. The molecule has 0 saturated heterocycles. The maximum atomic E-state index is 6.04. The van der Waals surface area contributed by atoms with Crippen molar-refractivity contribution in [3.63, 3.8) is 0 Å². The highest BCUT2D eigenvalue weighted by atomic mass is 35.5. The fourth-order valence-corrected chi connectivity index (χ4v) is 2.39. The Balaban J connectivity index is 2.06. The monoisotopic (exact) mass is 255 g/mol. The highest BCUT2D eigenvalue weighted by Gasteiger charge is 2.36. The highest BCUT2D eigenvalue weighted by molar-refractivity contribution is 6.30. The van der Waals surface area contributed by atoms with Gasteiger partial charge in [-0.1, -0.05) is 18.5 Å².